The van der Waals surface area contributed by atoms with Gasteiger partial charge in [0.2, 0.25) is 0 Å². The van der Waals surface area contributed by atoms with Gasteiger partial charge in [-0.15, -0.1) is 0 Å². The predicted molar refractivity (Wildman–Crippen MR) is 110 cm³/mol. The molecule has 0 aliphatic carbocycles. The minimum atomic E-state index is -1.20. The summed E-state index contributed by atoms with van der Waals surface area (Å²) in [7, 11) is 0. The van der Waals surface area contributed by atoms with Gasteiger partial charge < -0.3 is 10.1 Å². The molecule has 0 spiro atoms. The molecule has 0 fully saturated rings. The number of anilines is 1. The molecule has 2 rings (SSSR count). The topological polar surface area (TPSA) is 111 Å². The Bertz CT molecular complexity index is 973. The summed E-state index contributed by atoms with van der Waals surface area (Å²) in [5.41, 5.74) is -0.232. The number of nitrogens with one attached hydrogen (secondary N) is 1. The van der Waals surface area contributed by atoms with Crippen molar-refractivity contribution >= 4 is 46.6 Å². The van der Waals surface area contributed by atoms with Crippen LogP contribution < -0.4 is 5.32 Å². The molecule has 1 heterocycles. The molecule has 29 heavy (non-hydrogen) atoms. The van der Waals surface area contributed by atoms with Crippen molar-refractivity contribution in [2.24, 2.45) is 0 Å². The van der Waals surface area contributed by atoms with Crippen LogP contribution in [-0.2, 0) is 14.9 Å². The zero-order valence-corrected chi connectivity index (χ0v) is 17.7. The molecule has 8 nitrogen and oxygen atoms in total. The average molecular weight is 440 g/mol. The number of pyridine rings is 1. The van der Waals surface area contributed by atoms with Crippen LogP contribution in [-0.4, -0.2) is 27.9 Å². The molecular weight excluding hydrogens is 421 g/mol. The van der Waals surface area contributed by atoms with E-state index in [0.29, 0.717) is 10.6 Å². The van der Waals surface area contributed by atoms with E-state index in [-0.39, 0.29) is 22.1 Å². The molecule has 0 aliphatic heterocycles. The van der Waals surface area contributed by atoms with Crippen molar-refractivity contribution in [2.45, 2.75) is 39.2 Å². The number of carbonyl (C=O) groups excluding carboxylic acids is 2. The summed E-state index contributed by atoms with van der Waals surface area (Å²) < 4.78 is 5.12. The molecule has 2 aromatic rings. The third-order valence-corrected chi connectivity index (χ3v) is 4.44. The second kappa shape index (κ2) is 8.75. The number of nitro groups is 1. The Morgan fingerprint density at radius 1 is 1.24 bits per heavy atom. The largest absolute Gasteiger partial charge is 0.449 e. The molecule has 0 saturated heterocycles. The van der Waals surface area contributed by atoms with Crippen molar-refractivity contribution in [3.05, 3.63) is 61.7 Å². The maximum absolute atomic E-state index is 12.4. The molecule has 154 valence electrons. The lowest BCUT2D eigenvalue weighted by molar-refractivity contribution is -0.386. The number of hydrogen-bond acceptors (Lipinski definition) is 6. The first-order valence-electron chi connectivity index (χ1n) is 8.52. The number of hydrogen-bond donors (Lipinski definition) is 1. The van der Waals surface area contributed by atoms with Crippen LogP contribution in [0.25, 0.3) is 0 Å². The second-order valence-electron chi connectivity index (χ2n) is 7.26. The lowest BCUT2D eigenvalue weighted by Gasteiger charge is -2.19. The van der Waals surface area contributed by atoms with Crippen LogP contribution in [0.1, 0.15) is 43.6 Å². The Hall–Kier alpha value is -2.71. The summed E-state index contributed by atoms with van der Waals surface area (Å²) in [4.78, 5) is 39.4. The smallest absolute Gasteiger partial charge is 0.339 e. The lowest BCUT2D eigenvalue weighted by atomic mass is 9.85. The molecule has 0 bridgehead atoms. The van der Waals surface area contributed by atoms with Gasteiger partial charge in [0.05, 0.1) is 20.5 Å². The fourth-order valence-corrected chi connectivity index (χ4v) is 2.88. The maximum atomic E-state index is 12.4. The fourth-order valence-electron chi connectivity index (χ4n) is 2.45. The summed E-state index contributed by atoms with van der Waals surface area (Å²) >= 11 is 11.7. The highest BCUT2D eigenvalue weighted by Crippen LogP contribution is 2.32. The van der Waals surface area contributed by atoms with Gasteiger partial charge in [-0.1, -0.05) is 50.0 Å². The monoisotopic (exact) mass is 439 g/mol. The summed E-state index contributed by atoms with van der Waals surface area (Å²) in [6.07, 6.45) is 0.104. The van der Waals surface area contributed by atoms with E-state index in [2.05, 4.69) is 10.3 Å². The van der Waals surface area contributed by atoms with Crippen LogP contribution in [0, 0.1) is 10.1 Å². The van der Waals surface area contributed by atoms with Crippen molar-refractivity contribution < 1.29 is 19.2 Å². The summed E-state index contributed by atoms with van der Waals surface area (Å²) in [5.74, 6) is -1.48. The summed E-state index contributed by atoms with van der Waals surface area (Å²) in [6.45, 7) is 6.84. The molecule has 1 aromatic heterocycles. The number of carbonyl (C=O) groups is 2. The van der Waals surface area contributed by atoms with E-state index in [0.717, 1.165) is 6.07 Å². The number of amides is 1. The summed E-state index contributed by atoms with van der Waals surface area (Å²) in [6, 6.07) is 5.48. The molecule has 1 atom stereocenters. The molecule has 0 saturated carbocycles. The number of nitro benzene ring substituents is 1. The number of benzene rings is 1. The van der Waals surface area contributed by atoms with Crippen LogP contribution in [0.2, 0.25) is 10.0 Å². The van der Waals surface area contributed by atoms with Crippen molar-refractivity contribution in [3.8, 4) is 0 Å². The highest BCUT2D eigenvalue weighted by molar-refractivity contribution is 6.36. The normalized spacial score (nSPS) is 12.2. The van der Waals surface area contributed by atoms with E-state index in [1.54, 1.807) is 0 Å². The second-order valence-corrected chi connectivity index (χ2v) is 8.10. The number of rotatable bonds is 5. The van der Waals surface area contributed by atoms with Gasteiger partial charge in [0.1, 0.15) is 0 Å². The molecule has 10 heteroatoms. The molecular formula is C19H19Cl2N3O5. The van der Waals surface area contributed by atoms with Gasteiger partial charge in [-0.3, -0.25) is 14.9 Å². The fraction of sp³-hybridized carbons (Fsp3) is 0.316. The van der Waals surface area contributed by atoms with Gasteiger partial charge in [0.25, 0.3) is 11.6 Å². The van der Waals surface area contributed by atoms with Gasteiger partial charge in [0.15, 0.2) is 11.9 Å². The van der Waals surface area contributed by atoms with Crippen molar-refractivity contribution in [2.75, 3.05) is 5.32 Å². The standard InChI is InChI=1S/C19H19Cl2N3O5/c1-10(17(25)23-16-14(21)8-12(20)9-22-16)29-18(26)11-5-6-13(19(2,3)4)15(7-11)24(27)28/h5-10H,1-4H3,(H,22,23,25)/t10-/m0/s1. The number of ether oxygens (including phenoxy) is 1. The van der Waals surface area contributed by atoms with Gasteiger partial charge >= 0.3 is 5.97 Å². The lowest BCUT2D eigenvalue weighted by Crippen LogP contribution is -2.30. The first-order valence-corrected chi connectivity index (χ1v) is 9.27. The van der Waals surface area contributed by atoms with Crippen LogP contribution in [0.3, 0.4) is 0 Å². The number of halogens is 2. The SMILES string of the molecule is C[C@H](OC(=O)c1ccc(C(C)(C)C)c([N+](=O)[O-])c1)C(=O)Nc1ncc(Cl)cc1Cl. The number of aromatic nitrogens is 1. The van der Waals surface area contributed by atoms with Crippen molar-refractivity contribution in [3.63, 3.8) is 0 Å². The van der Waals surface area contributed by atoms with Gasteiger partial charge in [-0.2, -0.15) is 0 Å². The number of esters is 1. The minimum Gasteiger partial charge on any atom is -0.449 e. The van der Waals surface area contributed by atoms with E-state index in [4.69, 9.17) is 27.9 Å². The Balaban J connectivity index is 2.15. The number of nitrogens with zero attached hydrogens (tertiary/aromatic N) is 2. The van der Waals surface area contributed by atoms with Crippen molar-refractivity contribution in [1.29, 1.82) is 0 Å². The Morgan fingerprint density at radius 2 is 1.90 bits per heavy atom. The molecule has 1 amide bonds. The summed E-state index contributed by atoms with van der Waals surface area (Å²) in [5, 5.41) is 14.2. The first kappa shape index (κ1) is 22.6. The first-order chi connectivity index (χ1) is 13.4. The maximum Gasteiger partial charge on any atom is 0.339 e. The van der Waals surface area contributed by atoms with Crippen molar-refractivity contribution in [1.82, 2.24) is 4.98 Å². The van der Waals surface area contributed by atoms with E-state index in [9.17, 15) is 19.7 Å². The van der Waals surface area contributed by atoms with E-state index in [1.807, 2.05) is 20.8 Å². The Morgan fingerprint density at radius 3 is 2.45 bits per heavy atom. The highest BCUT2D eigenvalue weighted by atomic mass is 35.5. The van der Waals surface area contributed by atoms with Gasteiger partial charge in [-0.05, 0) is 24.5 Å². The zero-order valence-electron chi connectivity index (χ0n) is 16.2. The van der Waals surface area contributed by atoms with Gasteiger partial charge in [-0.25, -0.2) is 9.78 Å². The highest BCUT2D eigenvalue weighted by Gasteiger charge is 2.27. The van der Waals surface area contributed by atoms with Crippen LogP contribution in [0.5, 0.6) is 0 Å². The molecule has 0 unspecified atom stereocenters. The molecule has 0 aliphatic rings. The van der Waals surface area contributed by atoms with E-state index < -0.39 is 28.3 Å². The predicted octanol–water partition coefficient (Wildman–Crippen LogP) is 4.78. The van der Waals surface area contributed by atoms with Crippen LogP contribution in [0.4, 0.5) is 11.5 Å². The third kappa shape index (κ3) is 5.65. The Labute approximate surface area is 177 Å². The van der Waals surface area contributed by atoms with E-state index >= 15 is 0 Å². The average Bonchev–Trinajstić information content (AvgIpc) is 2.62. The van der Waals surface area contributed by atoms with E-state index in [1.165, 1.54) is 31.3 Å². The minimum absolute atomic E-state index is 0.0352. The third-order valence-electron chi connectivity index (χ3n) is 3.94. The molecule has 0 radical (unpaired) electrons. The molecule has 1 aromatic carbocycles. The molecule has 1 N–H and O–H groups in total. The quantitative estimate of drug-likeness (QED) is 0.407. The van der Waals surface area contributed by atoms with Gasteiger partial charge in [0, 0.05) is 17.8 Å². The Kier molecular flexibility index (Phi) is 6.81. The zero-order chi connectivity index (χ0) is 21.9. The van der Waals surface area contributed by atoms with Crippen LogP contribution >= 0.6 is 23.2 Å². The van der Waals surface area contributed by atoms with Crippen LogP contribution in [0.15, 0.2) is 30.5 Å².